The molecule has 3 nitrogen and oxygen atoms in total. The van der Waals surface area contributed by atoms with Crippen LogP contribution in [0, 0.1) is 17.8 Å². The van der Waals surface area contributed by atoms with Crippen molar-refractivity contribution in [2.24, 2.45) is 17.8 Å². The summed E-state index contributed by atoms with van der Waals surface area (Å²) in [7, 11) is -1.77. The van der Waals surface area contributed by atoms with E-state index in [1.807, 2.05) is 0 Å². The standard InChI is InChI=1S/C21H46NO2S2/c1-19(2)16-22(17-20(3)4,18-21(5)6)14-12-10-8-9-11-13-15-25-26(7,23)24/h19-21H,8-18H2,1-7H3/q+1. The number of nitrogens with zero attached hydrogens (tertiary/aromatic N) is 1. The molecule has 0 fully saturated rings. The maximum absolute atomic E-state index is 11.1. The van der Waals surface area contributed by atoms with Crippen LogP contribution in [-0.2, 0) is 8.87 Å². The van der Waals surface area contributed by atoms with Gasteiger partial charge in [-0.05, 0) is 30.1 Å². The van der Waals surface area contributed by atoms with E-state index in [0.29, 0.717) is 0 Å². The van der Waals surface area contributed by atoms with Crippen LogP contribution in [0.3, 0.4) is 0 Å². The Hall–Kier alpha value is 0.260. The molecule has 0 saturated heterocycles. The summed E-state index contributed by atoms with van der Waals surface area (Å²) in [6.45, 7) is 19.4. The zero-order valence-electron chi connectivity index (χ0n) is 18.6. The predicted molar refractivity (Wildman–Crippen MR) is 119 cm³/mol. The first-order valence-electron chi connectivity index (χ1n) is 10.7. The van der Waals surface area contributed by atoms with Gasteiger partial charge in [0.1, 0.15) is 0 Å². The average Bonchev–Trinajstić information content (AvgIpc) is 2.41. The lowest BCUT2D eigenvalue weighted by atomic mass is 10.0. The van der Waals surface area contributed by atoms with Crippen molar-refractivity contribution in [3.8, 4) is 0 Å². The van der Waals surface area contributed by atoms with Gasteiger partial charge in [0.05, 0.1) is 26.2 Å². The van der Waals surface area contributed by atoms with Gasteiger partial charge in [0.15, 0.2) is 8.87 Å². The molecular formula is C21H46NO2S2+. The molecule has 5 heteroatoms. The van der Waals surface area contributed by atoms with E-state index < -0.39 is 8.87 Å². The van der Waals surface area contributed by atoms with Gasteiger partial charge in [0.2, 0.25) is 0 Å². The molecule has 0 aromatic rings. The fourth-order valence-corrected chi connectivity index (χ4v) is 6.17. The average molecular weight is 409 g/mol. The van der Waals surface area contributed by atoms with Crippen LogP contribution in [0.1, 0.15) is 80.1 Å². The molecule has 0 N–H and O–H groups in total. The van der Waals surface area contributed by atoms with Gasteiger partial charge in [-0.2, -0.15) is 0 Å². The fourth-order valence-electron chi connectivity index (χ4n) is 4.29. The maximum Gasteiger partial charge on any atom is 0.198 e. The Labute approximate surface area is 168 Å². The van der Waals surface area contributed by atoms with Gasteiger partial charge < -0.3 is 4.48 Å². The summed E-state index contributed by atoms with van der Waals surface area (Å²) in [6.07, 6.45) is 8.64. The number of unbranched alkanes of at least 4 members (excludes halogenated alkanes) is 5. The molecule has 0 aliphatic carbocycles. The Kier molecular flexibility index (Phi) is 13.6. The van der Waals surface area contributed by atoms with Gasteiger partial charge in [-0.15, -0.1) is 0 Å². The highest BCUT2D eigenvalue weighted by molar-refractivity contribution is 8.71. The molecule has 0 radical (unpaired) electrons. The van der Waals surface area contributed by atoms with Gasteiger partial charge in [0, 0.05) is 29.8 Å². The second-order valence-corrected chi connectivity index (χ2v) is 14.0. The molecule has 0 heterocycles. The monoisotopic (exact) mass is 408 g/mol. The molecular weight excluding hydrogens is 362 g/mol. The largest absolute Gasteiger partial charge is 0.323 e. The molecule has 0 atom stereocenters. The van der Waals surface area contributed by atoms with Gasteiger partial charge in [-0.25, -0.2) is 8.42 Å². The summed E-state index contributed by atoms with van der Waals surface area (Å²) in [6, 6.07) is 0. The van der Waals surface area contributed by atoms with E-state index in [0.717, 1.165) is 47.1 Å². The normalized spacial score (nSPS) is 13.3. The van der Waals surface area contributed by atoms with Crippen LogP contribution in [0.4, 0.5) is 0 Å². The van der Waals surface area contributed by atoms with Gasteiger partial charge in [0.25, 0.3) is 0 Å². The quantitative estimate of drug-likeness (QED) is 0.184. The zero-order valence-corrected chi connectivity index (χ0v) is 20.2. The Morgan fingerprint density at radius 2 is 1.08 bits per heavy atom. The highest BCUT2D eigenvalue weighted by Crippen LogP contribution is 2.21. The summed E-state index contributed by atoms with van der Waals surface area (Å²) in [4.78, 5) is 0. The van der Waals surface area contributed by atoms with Crippen molar-refractivity contribution in [3.05, 3.63) is 0 Å². The van der Waals surface area contributed by atoms with Gasteiger partial charge in [-0.1, -0.05) is 60.8 Å². The van der Waals surface area contributed by atoms with E-state index in [1.165, 1.54) is 62.6 Å². The number of hydrogen-bond acceptors (Lipinski definition) is 3. The van der Waals surface area contributed by atoms with Crippen molar-refractivity contribution < 1.29 is 12.9 Å². The lowest BCUT2D eigenvalue weighted by molar-refractivity contribution is -0.936. The molecule has 0 aromatic heterocycles. The Balaban J connectivity index is 4.23. The minimum atomic E-state index is -2.86. The highest BCUT2D eigenvalue weighted by Gasteiger charge is 2.30. The minimum absolute atomic E-state index is 0.746. The van der Waals surface area contributed by atoms with Crippen molar-refractivity contribution in [3.63, 3.8) is 0 Å². The second-order valence-electron chi connectivity index (χ2n) is 9.44. The van der Waals surface area contributed by atoms with Crippen LogP contribution in [-0.4, -0.2) is 51.1 Å². The van der Waals surface area contributed by atoms with Gasteiger partial charge >= 0.3 is 0 Å². The first-order chi connectivity index (χ1) is 12.0. The highest BCUT2D eigenvalue weighted by atomic mass is 33.1. The number of rotatable bonds is 16. The molecule has 0 rings (SSSR count). The number of quaternary nitrogens is 1. The van der Waals surface area contributed by atoms with Crippen LogP contribution in [0.2, 0.25) is 0 Å². The van der Waals surface area contributed by atoms with E-state index in [1.54, 1.807) is 0 Å². The fraction of sp³-hybridized carbons (Fsp3) is 1.00. The third-order valence-corrected chi connectivity index (χ3v) is 7.25. The predicted octanol–water partition coefficient (Wildman–Crippen LogP) is 5.80. The van der Waals surface area contributed by atoms with Crippen molar-refractivity contribution in [1.29, 1.82) is 0 Å². The molecule has 0 aliphatic rings. The van der Waals surface area contributed by atoms with Crippen molar-refractivity contribution in [2.75, 3.05) is 38.2 Å². The van der Waals surface area contributed by atoms with E-state index in [9.17, 15) is 8.42 Å². The smallest absolute Gasteiger partial charge is 0.198 e. The molecule has 0 spiro atoms. The van der Waals surface area contributed by atoms with E-state index in [2.05, 4.69) is 41.5 Å². The topological polar surface area (TPSA) is 34.1 Å². The molecule has 0 aromatic carbocycles. The first kappa shape index (κ1) is 26.3. The third kappa shape index (κ3) is 15.3. The zero-order chi connectivity index (χ0) is 20.2. The van der Waals surface area contributed by atoms with E-state index in [4.69, 9.17) is 0 Å². The van der Waals surface area contributed by atoms with Crippen LogP contribution in [0.15, 0.2) is 0 Å². The lowest BCUT2D eigenvalue weighted by Crippen LogP contribution is -2.54. The summed E-state index contributed by atoms with van der Waals surface area (Å²) < 4.78 is 23.5. The van der Waals surface area contributed by atoms with Crippen molar-refractivity contribution >= 4 is 19.7 Å². The van der Waals surface area contributed by atoms with Gasteiger partial charge in [-0.3, -0.25) is 0 Å². The summed E-state index contributed by atoms with van der Waals surface area (Å²) >= 11 is 0. The van der Waals surface area contributed by atoms with Crippen LogP contribution < -0.4 is 0 Å². The molecule has 0 unspecified atom stereocenters. The third-order valence-electron chi connectivity index (χ3n) is 4.58. The Bertz CT molecular complexity index is 418. The molecule has 0 aliphatic heterocycles. The second kappa shape index (κ2) is 13.4. The summed E-state index contributed by atoms with van der Waals surface area (Å²) in [5.74, 6) is 3.00. The maximum atomic E-state index is 11.1. The Morgan fingerprint density at radius 1 is 0.692 bits per heavy atom. The minimum Gasteiger partial charge on any atom is -0.323 e. The van der Waals surface area contributed by atoms with Crippen LogP contribution in [0.5, 0.6) is 0 Å². The number of hydrogen-bond donors (Lipinski definition) is 0. The van der Waals surface area contributed by atoms with E-state index >= 15 is 0 Å². The van der Waals surface area contributed by atoms with Crippen LogP contribution >= 0.6 is 10.8 Å². The lowest BCUT2D eigenvalue weighted by Gasteiger charge is -2.43. The molecule has 26 heavy (non-hydrogen) atoms. The van der Waals surface area contributed by atoms with Crippen molar-refractivity contribution in [1.82, 2.24) is 0 Å². The SMILES string of the molecule is CC(C)C[N+](CCCCCCCCSS(C)(=O)=O)(CC(C)C)CC(C)C. The van der Waals surface area contributed by atoms with Crippen molar-refractivity contribution in [2.45, 2.75) is 80.1 Å². The molecule has 0 bridgehead atoms. The first-order valence-corrected chi connectivity index (χ1v) is 14.0. The summed E-state index contributed by atoms with van der Waals surface area (Å²) in [5.41, 5.74) is 0. The molecule has 0 amide bonds. The molecule has 158 valence electrons. The molecule has 0 saturated carbocycles. The van der Waals surface area contributed by atoms with Crippen LogP contribution in [0.25, 0.3) is 0 Å². The van der Waals surface area contributed by atoms with E-state index in [-0.39, 0.29) is 0 Å². The summed E-state index contributed by atoms with van der Waals surface area (Å²) in [5, 5.41) is 0. The Morgan fingerprint density at radius 3 is 1.46 bits per heavy atom.